The zero-order valence-electron chi connectivity index (χ0n) is 10.9. The molecule has 3 N–H and O–H groups in total. The van der Waals surface area contributed by atoms with Crippen LogP contribution in [0.15, 0.2) is 42.5 Å². The minimum atomic E-state index is 0.168. The SMILES string of the molecule is Cc1ccc(N(CCC(=N)N)c2ccccc2)nn1. The largest absolute Gasteiger partial charge is 0.388 e. The maximum Gasteiger partial charge on any atom is 0.155 e. The molecule has 1 aromatic carbocycles. The molecular weight excluding hydrogens is 238 g/mol. The maximum atomic E-state index is 7.36. The highest BCUT2D eigenvalue weighted by Gasteiger charge is 2.11. The molecule has 0 aliphatic rings. The van der Waals surface area contributed by atoms with Crippen molar-refractivity contribution in [3.63, 3.8) is 0 Å². The van der Waals surface area contributed by atoms with Crippen molar-refractivity contribution >= 4 is 17.3 Å². The van der Waals surface area contributed by atoms with Crippen LogP contribution in [0, 0.1) is 12.3 Å². The van der Waals surface area contributed by atoms with E-state index in [1.54, 1.807) is 0 Å². The van der Waals surface area contributed by atoms with Gasteiger partial charge in [0.05, 0.1) is 11.5 Å². The lowest BCUT2D eigenvalue weighted by Gasteiger charge is -2.23. The van der Waals surface area contributed by atoms with Crippen molar-refractivity contribution < 1.29 is 0 Å². The van der Waals surface area contributed by atoms with Crippen LogP contribution in [0.1, 0.15) is 12.1 Å². The average Bonchev–Trinajstić information content (AvgIpc) is 2.42. The van der Waals surface area contributed by atoms with Gasteiger partial charge in [-0.15, -0.1) is 5.10 Å². The first kappa shape index (κ1) is 13.0. The Balaban J connectivity index is 2.28. The Morgan fingerprint density at radius 2 is 1.89 bits per heavy atom. The summed E-state index contributed by atoms with van der Waals surface area (Å²) in [5.41, 5.74) is 7.34. The number of nitrogens with zero attached hydrogens (tertiary/aromatic N) is 3. The molecule has 0 unspecified atom stereocenters. The molecule has 5 nitrogen and oxygen atoms in total. The predicted molar refractivity (Wildman–Crippen MR) is 76.7 cm³/mol. The zero-order valence-corrected chi connectivity index (χ0v) is 10.9. The molecule has 98 valence electrons. The van der Waals surface area contributed by atoms with Crippen molar-refractivity contribution in [1.29, 1.82) is 5.41 Å². The van der Waals surface area contributed by atoms with Crippen molar-refractivity contribution in [2.75, 3.05) is 11.4 Å². The Morgan fingerprint density at radius 3 is 2.47 bits per heavy atom. The summed E-state index contributed by atoms with van der Waals surface area (Å²) in [7, 11) is 0. The minimum absolute atomic E-state index is 0.168. The molecule has 2 aromatic rings. The fourth-order valence-electron chi connectivity index (χ4n) is 1.75. The number of anilines is 2. The summed E-state index contributed by atoms with van der Waals surface area (Å²) in [5, 5.41) is 15.6. The number of nitrogens with one attached hydrogen (secondary N) is 1. The van der Waals surface area contributed by atoms with E-state index in [4.69, 9.17) is 11.1 Å². The molecule has 0 bridgehead atoms. The first-order chi connectivity index (χ1) is 9.16. The number of hydrogen-bond acceptors (Lipinski definition) is 4. The van der Waals surface area contributed by atoms with E-state index in [2.05, 4.69) is 10.2 Å². The maximum absolute atomic E-state index is 7.36. The van der Waals surface area contributed by atoms with Crippen molar-refractivity contribution in [2.24, 2.45) is 5.73 Å². The lowest BCUT2D eigenvalue weighted by atomic mass is 10.2. The van der Waals surface area contributed by atoms with Crippen molar-refractivity contribution in [2.45, 2.75) is 13.3 Å². The molecular formula is C14H17N5. The molecule has 0 aliphatic heterocycles. The van der Waals surface area contributed by atoms with Crippen molar-refractivity contribution in [1.82, 2.24) is 10.2 Å². The smallest absolute Gasteiger partial charge is 0.155 e. The van der Waals surface area contributed by atoms with E-state index in [1.165, 1.54) is 0 Å². The summed E-state index contributed by atoms with van der Waals surface area (Å²) in [6, 6.07) is 13.8. The number of amidine groups is 1. The van der Waals surface area contributed by atoms with Gasteiger partial charge >= 0.3 is 0 Å². The van der Waals surface area contributed by atoms with Gasteiger partial charge < -0.3 is 10.6 Å². The molecule has 0 atom stereocenters. The van der Waals surface area contributed by atoms with Crippen LogP contribution in [-0.4, -0.2) is 22.6 Å². The molecule has 0 aliphatic carbocycles. The van der Waals surface area contributed by atoms with E-state index in [-0.39, 0.29) is 5.84 Å². The number of nitrogens with two attached hydrogens (primary N) is 1. The van der Waals surface area contributed by atoms with Gasteiger partial charge in [0.25, 0.3) is 0 Å². The van der Waals surface area contributed by atoms with Gasteiger partial charge in [0.1, 0.15) is 0 Å². The first-order valence-electron chi connectivity index (χ1n) is 6.12. The van der Waals surface area contributed by atoms with Gasteiger partial charge in [-0.1, -0.05) is 18.2 Å². The van der Waals surface area contributed by atoms with Crippen LogP contribution in [0.4, 0.5) is 11.5 Å². The molecule has 0 spiro atoms. The number of hydrogen-bond donors (Lipinski definition) is 2. The van der Waals surface area contributed by atoms with Gasteiger partial charge in [-0.3, -0.25) is 5.41 Å². The Hall–Kier alpha value is -2.43. The Labute approximate surface area is 112 Å². The van der Waals surface area contributed by atoms with E-state index < -0.39 is 0 Å². The number of rotatable bonds is 5. The second-order valence-corrected chi connectivity index (χ2v) is 4.30. The second-order valence-electron chi connectivity index (χ2n) is 4.30. The summed E-state index contributed by atoms with van der Waals surface area (Å²) in [6.07, 6.45) is 0.491. The van der Waals surface area contributed by atoms with Gasteiger partial charge in [-0.05, 0) is 31.2 Å². The van der Waals surface area contributed by atoms with E-state index in [0.717, 1.165) is 17.2 Å². The highest BCUT2D eigenvalue weighted by atomic mass is 15.3. The van der Waals surface area contributed by atoms with Crippen LogP contribution in [0.5, 0.6) is 0 Å². The molecule has 0 fully saturated rings. The molecule has 5 heteroatoms. The molecule has 0 saturated carbocycles. The van der Waals surface area contributed by atoms with Gasteiger partial charge in [-0.25, -0.2) is 0 Å². The van der Waals surface area contributed by atoms with Gasteiger partial charge in [0, 0.05) is 18.7 Å². The minimum Gasteiger partial charge on any atom is -0.388 e. The highest BCUT2D eigenvalue weighted by molar-refractivity contribution is 5.78. The number of aromatic nitrogens is 2. The third-order valence-corrected chi connectivity index (χ3v) is 2.73. The summed E-state index contributed by atoms with van der Waals surface area (Å²) >= 11 is 0. The average molecular weight is 255 g/mol. The van der Waals surface area contributed by atoms with Gasteiger partial charge in [-0.2, -0.15) is 5.10 Å². The lowest BCUT2D eigenvalue weighted by molar-refractivity contribution is 0.886. The van der Waals surface area contributed by atoms with Crippen LogP contribution in [0.25, 0.3) is 0 Å². The summed E-state index contributed by atoms with van der Waals surface area (Å²) in [6.45, 7) is 2.51. The van der Waals surface area contributed by atoms with Crippen LogP contribution in [0.2, 0.25) is 0 Å². The molecule has 2 rings (SSSR count). The summed E-state index contributed by atoms with van der Waals surface area (Å²) in [5.74, 6) is 0.930. The molecule has 0 saturated heterocycles. The summed E-state index contributed by atoms with van der Waals surface area (Å²) in [4.78, 5) is 2.01. The first-order valence-corrected chi connectivity index (χ1v) is 6.12. The van der Waals surface area contributed by atoms with E-state index in [0.29, 0.717) is 13.0 Å². The number of para-hydroxylation sites is 1. The third-order valence-electron chi connectivity index (χ3n) is 2.73. The van der Waals surface area contributed by atoms with Crippen LogP contribution < -0.4 is 10.6 Å². The van der Waals surface area contributed by atoms with Crippen molar-refractivity contribution in [3.8, 4) is 0 Å². The fourth-order valence-corrected chi connectivity index (χ4v) is 1.75. The van der Waals surface area contributed by atoms with Crippen molar-refractivity contribution in [3.05, 3.63) is 48.2 Å². The normalized spacial score (nSPS) is 10.2. The molecule has 0 amide bonds. The molecule has 0 radical (unpaired) electrons. The highest BCUT2D eigenvalue weighted by Crippen LogP contribution is 2.22. The fraction of sp³-hybridized carbons (Fsp3) is 0.214. The Bertz CT molecular complexity index is 536. The molecule has 19 heavy (non-hydrogen) atoms. The lowest BCUT2D eigenvalue weighted by Crippen LogP contribution is -2.24. The van der Waals surface area contributed by atoms with E-state index in [9.17, 15) is 0 Å². The van der Waals surface area contributed by atoms with E-state index >= 15 is 0 Å². The van der Waals surface area contributed by atoms with Crippen LogP contribution in [-0.2, 0) is 0 Å². The quantitative estimate of drug-likeness (QED) is 0.634. The Morgan fingerprint density at radius 1 is 1.16 bits per heavy atom. The third kappa shape index (κ3) is 3.51. The number of benzene rings is 1. The van der Waals surface area contributed by atoms with Gasteiger partial charge in [0.15, 0.2) is 5.82 Å². The van der Waals surface area contributed by atoms with E-state index in [1.807, 2.05) is 54.3 Å². The monoisotopic (exact) mass is 255 g/mol. The zero-order chi connectivity index (χ0) is 13.7. The van der Waals surface area contributed by atoms with Crippen LogP contribution >= 0.6 is 0 Å². The Kier molecular flexibility index (Phi) is 4.07. The number of aryl methyl sites for hydroxylation is 1. The topological polar surface area (TPSA) is 78.9 Å². The van der Waals surface area contributed by atoms with Crippen LogP contribution in [0.3, 0.4) is 0 Å². The second kappa shape index (κ2) is 5.95. The molecule has 1 heterocycles. The molecule has 1 aromatic heterocycles. The standard InChI is InChI=1S/C14H17N5/c1-11-7-8-14(18-17-11)19(10-9-13(15)16)12-5-3-2-4-6-12/h2-8H,9-10H2,1H3,(H3,15,16). The summed E-state index contributed by atoms with van der Waals surface area (Å²) < 4.78 is 0. The predicted octanol–water partition coefficient (Wildman–Crippen LogP) is 2.25. The van der Waals surface area contributed by atoms with Gasteiger partial charge in [0.2, 0.25) is 0 Å².